The molecule has 158 valence electrons. The maximum absolute atomic E-state index is 13.1. The Balaban J connectivity index is 2.00. The molecule has 1 heterocycles. The molecule has 3 rings (SSSR count). The van der Waals surface area contributed by atoms with Gasteiger partial charge in [0.2, 0.25) is 5.43 Å². The largest absolute Gasteiger partial charge is 0.497 e. The summed E-state index contributed by atoms with van der Waals surface area (Å²) in [5, 5.41) is 2.59. The number of fused-ring (bicyclic) bond motifs is 1. The number of benzene rings is 2. The van der Waals surface area contributed by atoms with Crippen LogP contribution in [0, 0.1) is 0 Å². The zero-order valence-corrected chi connectivity index (χ0v) is 16.7. The molecule has 0 fully saturated rings. The first kappa shape index (κ1) is 21.4. The van der Waals surface area contributed by atoms with Crippen molar-refractivity contribution in [3.63, 3.8) is 0 Å². The van der Waals surface area contributed by atoms with E-state index in [2.05, 4.69) is 5.32 Å². The molecular weight excluding hydrogens is 397 g/mol. The molecule has 2 aromatic carbocycles. The third kappa shape index (κ3) is 4.17. The maximum atomic E-state index is 13.1. The van der Waals surface area contributed by atoms with Gasteiger partial charge in [-0.15, -0.1) is 0 Å². The number of rotatable bonds is 5. The molecule has 0 saturated carbocycles. The zero-order chi connectivity index (χ0) is 22.1. The molecule has 30 heavy (non-hydrogen) atoms. The highest BCUT2D eigenvalue weighted by Crippen LogP contribution is 2.31. The molecule has 1 N–H and O–H groups in total. The number of alkyl halides is 3. The normalized spacial score (nSPS) is 12.6. The summed E-state index contributed by atoms with van der Waals surface area (Å²) in [6.07, 6.45) is -3.20. The fourth-order valence-electron chi connectivity index (χ4n) is 3.25. The summed E-state index contributed by atoms with van der Waals surface area (Å²) in [6.45, 7) is 3.92. The van der Waals surface area contributed by atoms with E-state index in [1.165, 1.54) is 12.3 Å². The Hall–Kier alpha value is -3.29. The number of nitrogens with one attached hydrogen (secondary N) is 1. The average Bonchev–Trinajstić information content (AvgIpc) is 2.73. The molecule has 1 aromatic heterocycles. The molecule has 0 saturated heterocycles. The summed E-state index contributed by atoms with van der Waals surface area (Å²) in [5.74, 6) is 0.0166. The summed E-state index contributed by atoms with van der Waals surface area (Å²) in [5.41, 5.74) is -0.737. The van der Waals surface area contributed by atoms with Gasteiger partial charge in [0.1, 0.15) is 11.3 Å². The van der Waals surface area contributed by atoms with Crippen molar-refractivity contribution in [2.24, 2.45) is 0 Å². The lowest BCUT2D eigenvalue weighted by molar-refractivity contribution is -0.137. The third-order valence-corrected chi connectivity index (χ3v) is 4.96. The molecule has 0 aliphatic rings. The van der Waals surface area contributed by atoms with Gasteiger partial charge in [0.25, 0.3) is 5.91 Å². The summed E-state index contributed by atoms with van der Waals surface area (Å²) in [7, 11) is 1.54. The van der Waals surface area contributed by atoms with Crippen LogP contribution in [0.3, 0.4) is 0 Å². The average molecular weight is 418 g/mol. The number of nitrogens with zero attached hydrogens (tertiary/aromatic N) is 1. The lowest BCUT2D eigenvalue weighted by atomic mass is 10.1. The second-order valence-electron chi connectivity index (χ2n) is 6.86. The fourth-order valence-corrected chi connectivity index (χ4v) is 3.25. The minimum absolute atomic E-state index is 0.142. The van der Waals surface area contributed by atoms with Crippen molar-refractivity contribution in [1.82, 2.24) is 9.88 Å². The van der Waals surface area contributed by atoms with Gasteiger partial charge in [-0.2, -0.15) is 13.2 Å². The Kier molecular flexibility index (Phi) is 5.87. The van der Waals surface area contributed by atoms with Crippen LogP contribution in [0.4, 0.5) is 13.2 Å². The number of amides is 1. The SMILES string of the molecule is CCn1cc(C(=O)N[C@H](C)c2ccc(OC)cc2)c(=O)c2cc(C(F)(F)F)ccc21. The smallest absolute Gasteiger partial charge is 0.416 e. The summed E-state index contributed by atoms with van der Waals surface area (Å²) >= 11 is 0. The number of hydrogen-bond acceptors (Lipinski definition) is 3. The molecule has 5 nitrogen and oxygen atoms in total. The zero-order valence-electron chi connectivity index (χ0n) is 16.7. The third-order valence-electron chi connectivity index (χ3n) is 4.96. The van der Waals surface area contributed by atoms with Crippen molar-refractivity contribution in [2.75, 3.05) is 7.11 Å². The number of carbonyl (C=O) groups excluding carboxylic acids is 1. The number of carbonyl (C=O) groups is 1. The second-order valence-corrected chi connectivity index (χ2v) is 6.86. The van der Waals surface area contributed by atoms with Gasteiger partial charge >= 0.3 is 6.18 Å². The monoisotopic (exact) mass is 418 g/mol. The summed E-state index contributed by atoms with van der Waals surface area (Å²) < 4.78 is 46.0. The van der Waals surface area contributed by atoms with E-state index < -0.39 is 29.1 Å². The summed E-state index contributed by atoms with van der Waals surface area (Å²) in [4.78, 5) is 25.7. The number of hydrogen-bond donors (Lipinski definition) is 1. The first-order valence-corrected chi connectivity index (χ1v) is 9.35. The minimum Gasteiger partial charge on any atom is -0.497 e. The second kappa shape index (κ2) is 8.22. The van der Waals surface area contributed by atoms with E-state index in [4.69, 9.17) is 4.74 Å². The number of aryl methyl sites for hydroxylation is 1. The Morgan fingerprint density at radius 3 is 2.40 bits per heavy atom. The highest BCUT2D eigenvalue weighted by molar-refractivity contribution is 5.97. The minimum atomic E-state index is -4.58. The van der Waals surface area contributed by atoms with Gasteiger partial charge in [0.05, 0.1) is 24.2 Å². The van der Waals surface area contributed by atoms with E-state index in [9.17, 15) is 22.8 Å². The van der Waals surface area contributed by atoms with Crippen LogP contribution in [0.5, 0.6) is 5.75 Å². The van der Waals surface area contributed by atoms with Crippen LogP contribution < -0.4 is 15.5 Å². The summed E-state index contributed by atoms with van der Waals surface area (Å²) in [6, 6.07) is 9.62. The molecule has 0 bridgehead atoms. The van der Waals surface area contributed by atoms with Crippen LogP contribution >= 0.6 is 0 Å². The molecule has 8 heteroatoms. The first-order valence-electron chi connectivity index (χ1n) is 9.35. The van der Waals surface area contributed by atoms with Crippen LogP contribution in [0.1, 0.15) is 41.4 Å². The van der Waals surface area contributed by atoms with Gasteiger partial charge in [-0.3, -0.25) is 9.59 Å². The molecule has 1 atom stereocenters. The molecule has 1 amide bonds. The van der Waals surface area contributed by atoms with Crippen LogP contribution in [-0.4, -0.2) is 17.6 Å². The van der Waals surface area contributed by atoms with Gasteiger partial charge < -0.3 is 14.6 Å². The number of pyridine rings is 1. The Morgan fingerprint density at radius 1 is 1.17 bits per heavy atom. The molecule has 0 radical (unpaired) electrons. The van der Waals surface area contributed by atoms with E-state index in [1.54, 1.807) is 49.8 Å². The number of halogens is 3. The quantitative estimate of drug-likeness (QED) is 0.662. The number of ether oxygens (including phenoxy) is 1. The highest BCUT2D eigenvalue weighted by Gasteiger charge is 2.31. The van der Waals surface area contributed by atoms with Crippen LogP contribution in [-0.2, 0) is 12.7 Å². The van der Waals surface area contributed by atoms with Crippen molar-refractivity contribution in [1.29, 1.82) is 0 Å². The van der Waals surface area contributed by atoms with Gasteiger partial charge in [-0.25, -0.2) is 0 Å². The van der Waals surface area contributed by atoms with Crippen molar-refractivity contribution < 1.29 is 22.7 Å². The van der Waals surface area contributed by atoms with Crippen molar-refractivity contribution in [3.8, 4) is 5.75 Å². The Bertz CT molecular complexity index is 1140. The van der Waals surface area contributed by atoms with E-state index >= 15 is 0 Å². The lowest BCUT2D eigenvalue weighted by Crippen LogP contribution is -2.32. The van der Waals surface area contributed by atoms with Crippen molar-refractivity contribution >= 4 is 16.8 Å². The van der Waals surface area contributed by atoms with Crippen molar-refractivity contribution in [3.05, 3.63) is 75.6 Å². The maximum Gasteiger partial charge on any atom is 0.416 e. The molecule has 0 aliphatic heterocycles. The molecule has 0 aliphatic carbocycles. The van der Waals surface area contributed by atoms with Gasteiger partial charge in [0, 0.05) is 18.1 Å². The first-order chi connectivity index (χ1) is 14.2. The van der Waals surface area contributed by atoms with Gasteiger partial charge in [-0.05, 0) is 49.7 Å². The standard InChI is InChI=1S/C22H21F3N2O3/c1-4-27-12-18(20(28)17-11-15(22(23,24)25)7-10-19(17)27)21(29)26-13(2)14-5-8-16(30-3)9-6-14/h5-13H,4H2,1-3H3,(H,26,29)/t13-/m1/s1. The van der Waals surface area contributed by atoms with E-state index in [1.807, 2.05) is 0 Å². The van der Waals surface area contributed by atoms with E-state index in [0.717, 1.165) is 17.7 Å². The number of methoxy groups -OCH3 is 1. The van der Waals surface area contributed by atoms with E-state index in [-0.39, 0.29) is 10.9 Å². The van der Waals surface area contributed by atoms with Crippen LogP contribution in [0.25, 0.3) is 10.9 Å². The van der Waals surface area contributed by atoms with Crippen LogP contribution in [0.2, 0.25) is 0 Å². The van der Waals surface area contributed by atoms with Gasteiger partial charge in [-0.1, -0.05) is 12.1 Å². The topological polar surface area (TPSA) is 60.3 Å². The van der Waals surface area contributed by atoms with Crippen LogP contribution in [0.15, 0.2) is 53.5 Å². The van der Waals surface area contributed by atoms with Gasteiger partial charge in [0.15, 0.2) is 0 Å². The molecule has 0 spiro atoms. The molecule has 0 unspecified atom stereocenters. The Labute approximate surface area is 171 Å². The Morgan fingerprint density at radius 2 is 1.83 bits per heavy atom. The van der Waals surface area contributed by atoms with Crippen molar-refractivity contribution in [2.45, 2.75) is 32.6 Å². The highest BCUT2D eigenvalue weighted by atomic mass is 19.4. The molecule has 3 aromatic rings. The molecular formula is C22H21F3N2O3. The number of aromatic nitrogens is 1. The fraction of sp³-hybridized carbons (Fsp3) is 0.273. The predicted molar refractivity (Wildman–Crippen MR) is 108 cm³/mol. The van der Waals surface area contributed by atoms with E-state index in [0.29, 0.717) is 17.8 Å². The lowest BCUT2D eigenvalue weighted by Gasteiger charge is -2.17. The predicted octanol–water partition coefficient (Wildman–Crippen LogP) is 4.54.